The summed E-state index contributed by atoms with van der Waals surface area (Å²) in [5, 5.41) is 25.1. The van der Waals surface area contributed by atoms with E-state index in [-0.39, 0.29) is 11.3 Å². The van der Waals surface area contributed by atoms with Crippen LogP contribution < -0.4 is 0 Å². The number of aromatic carboxylic acids is 1. The Labute approximate surface area is 90.5 Å². The summed E-state index contributed by atoms with van der Waals surface area (Å²) in [6, 6.07) is 3.86. The monoisotopic (exact) mass is 232 g/mol. The molecule has 0 aliphatic rings. The molecule has 0 aliphatic carbocycles. The van der Waals surface area contributed by atoms with Gasteiger partial charge in [-0.1, -0.05) is 11.6 Å². The summed E-state index contributed by atoms with van der Waals surface area (Å²) in [5.74, 6) is -2.30. The van der Waals surface area contributed by atoms with E-state index < -0.39 is 11.9 Å². The second-order valence-corrected chi connectivity index (χ2v) is 2.92. The summed E-state index contributed by atoms with van der Waals surface area (Å²) in [6.45, 7) is 1.08. The Morgan fingerprint density at radius 1 is 1.27 bits per heavy atom. The number of carboxylic acid groups (broad SMARTS) is 2. The molecule has 1 aromatic rings. The highest BCUT2D eigenvalue weighted by molar-refractivity contribution is 6.31. The molecule has 0 fully saturated rings. The third-order valence-electron chi connectivity index (χ3n) is 1.19. The molecule has 0 saturated carbocycles. The number of carboxylic acids is 2. The number of carbonyl (C=O) groups is 2. The van der Waals surface area contributed by atoms with Crippen LogP contribution in [0, 0.1) is 0 Å². The summed E-state index contributed by atoms with van der Waals surface area (Å²) in [7, 11) is 0. The Hall–Kier alpha value is -1.75. The molecule has 0 saturated heterocycles. The van der Waals surface area contributed by atoms with Gasteiger partial charge in [-0.3, -0.25) is 4.79 Å². The van der Waals surface area contributed by atoms with E-state index in [0.29, 0.717) is 5.02 Å². The third kappa shape index (κ3) is 5.53. The maximum atomic E-state index is 10.4. The molecule has 0 bridgehead atoms. The maximum Gasteiger partial charge on any atom is 0.339 e. The molecule has 0 heterocycles. The largest absolute Gasteiger partial charge is 0.507 e. The first-order valence-electron chi connectivity index (χ1n) is 3.76. The van der Waals surface area contributed by atoms with E-state index in [4.69, 9.17) is 31.7 Å². The zero-order chi connectivity index (χ0) is 12.0. The highest BCUT2D eigenvalue weighted by Gasteiger charge is 2.08. The fourth-order valence-corrected chi connectivity index (χ4v) is 0.852. The lowest BCUT2D eigenvalue weighted by atomic mass is 10.2. The summed E-state index contributed by atoms with van der Waals surface area (Å²) in [5.41, 5.74) is -0.183. The summed E-state index contributed by atoms with van der Waals surface area (Å²) >= 11 is 5.49. The van der Waals surface area contributed by atoms with Crippen molar-refractivity contribution in [2.45, 2.75) is 6.92 Å². The number of rotatable bonds is 1. The molecular weight excluding hydrogens is 224 g/mol. The highest BCUT2D eigenvalue weighted by Crippen LogP contribution is 2.20. The quantitative estimate of drug-likeness (QED) is 0.687. The minimum Gasteiger partial charge on any atom is -0.507 e. The predicted octanol–water partition coefficient (Wildman–Crippen LogP) is 1.83. The van der Waals surface area contributed by atoms with Crippen LogP contribution in [0.3, 0.4) is 0 Å². The number of aliphatic carboxylic acids is 1. The van der Waals surface area contributed by atoms with E-state index in [1.807, 2.05) is 0 Å². The van der Waals surface area contributed by atoms with Crippen LogP contribution in [-0.2, 0) is 4.79 Å². The molecule has 15 heavy (non-hydrogen) atoms. The first-order chi connectivity index (χ1) is 6.84. The summed E-state index contributed by atoms with van der Waals surface area (Å²) in [6.07, 6.45) is 0. The molecule has 0 aromatic heterocycles. The van der Waals surface area contributed by atoms with Crippen molar-refractivity contribution < 1.29 is 24.9 Å². The van der Waals surface area contributed by atoms with Crippen molar-refractivity contribution in [3.05, 3.63) is 28.8 Å². The van der Waals surface area contributed by atoms with Crippen LogP contribution >= 0.6 is 11.6 Å². The fourth-order valence-electron chi connectivity index (χ4n) is 0.680. The van der Waals surface area contributed by atoms with Crippen molar-refractivity contribution >= 4 is 23.5 Å². The lowest BCUT2D eigenvalue weighted by Crippen LogP contribution is -1.95. The van der Waals surface area contributed by atoms with Crippen molar-refractivity contribution in [3.8, 4) is 5.75 Å². The van der Waals surface area contributed by atoms with E-state index >= 15 is 0 Å². The van der Waals surface area contributed by atoms with E-state index in [2.05, 4.69) is 0 Å². The van der Waals surface area contributed by atoms with Crippen LogP contribution in [0.2, 0.25) is 5.02 Å². The van der Waals surface area contributed by atoms with Crippen LogP contribution in [-0.4, -0.2) is 27.3 Å². The van der Waals surface area contributed by atoms with Crippen molar-refractivity contribution in [2.24, 2.45) is 0 Å². The van der Waals surface area contributed by atoms with Gasteiger partial charge >= 0.3 is 5.97 Å². The van der Waals surface area contributed by atoms with Gasteiger partial charge in [0.25, 0.3) is 5.97 Å². The molecule has 0 aliphatic heterocycles. The second-order valence-electron chi connectivity index (χ2n) is 2.49. The van der Waals surface area contributed by atoms with Gasteiger partial charge in [0.15, 0.2) is 0 Å². The number of halogens is 1. The van der Waals surface area contributed by atoms with Crippen molar-refractivity contribution in [1.29, 1.82) is 0 Å². The molecule has 0 atom stereocenters. The van der Waals surface area contributed by atoms with Crippen LogP contribution in [0.5, 0.6) is 5.75 Å². The average molecular weight is 233 g/mol. The Morgan fingerprint density at radius 3 is 2.07 bits per heavy atom. The molecular formula is C9H9ClO5. The van der Waals surface area contributed by atoms with Gasteiger partial charge in [-0.2, -0.15) is 0 Å². The molecule has 0 radical (unpaired) electrons. The van der Waals surface area contributed by atoms with E-state index in [0.717, 1.165) is 6.92 Å². The number of hydrogen-bond acceptors (Lipinski definition) is 3. The van der Waals surface area contributed by atoms with Gasteiger partial charge in [-0.05, 0) is 18.2 Å². The Morgan fingerprint density at radius 2 is 1.73 bits per heavy atom. The number of hydrogen-bond donors (Lipinski definition) is 3. The molecule has 82 valence electrons. The Bertz CT molecular complexity index is 371. The molecule has 6 heteroatoms. The van der Waals surface area contributed by atoms with E-state index in [1.54, 1.807) is 0 Å². The van der Waals surface area contributed by atoms with Crippen molar-refractivity contribution in [1.82, 2.24) is 0 Å². The minimum absolute atomic E-state index is 0.183. The standard InChI is InChI=1S/C7H5ClO3.C2H4O2/c8-4-1-2-6(9)5(3-4)7(10)11;1-2(3)4/h1-3,9H,(H,10,11);1H3,(H,3,4). The van der Waals surface area contributed by atoms with Gasteiger partial charge in [0.1, 0.15) is 11.3 Å². The van der Waals surface area contributed by atoms with Gasteiger partial charge in [-0.15, -0.1) is 0 Å². The van der Waals surface area contributed by atoms with Crippen LogP contribution in [0.4, 0.5) is 0 Å². The van der Waals surface area contributed by atoms with Gasteiger partial charge in [0.2, 0.25) is 0 Å². The van der Waals surface area contributed by atoms with Gasteiger partial charge < -0.3 is 15.3 Å². The Balaban J connectivity index is 0.000000423. The molecule has 1 rings (SSSR count). The lowest BCUT2D eigenvalue weighted by molar-refractivity contribution is -0.134. The normalized spacial score (nSPS) is 8.67. The lowest BCUT2D eigenvalue weighted by Gasteiger charge is -1.97. The van der Waals surface area contributed by atoms with Crippen LogP contribution in [0.1, 0.15) is 17.3 Å². The zero-order valence-electron chi connectivity index (χ0n) is 7.77. The third-order valence-corrected chi connectivity index (χ3v) is 1.42. The van der Waals surface area contributed by atoms with Gasteiger partial charge in [0.05, 0.1) is 0 Å². The maximum absolute atomic E-state index is 10.4. The smallest absolute Gasteiger partial charge is 0.339 e. The second kappa shape index (κ2) is 5.87. The molecule has 3 N–H and O–H groups in total. The molecule has 0 spiro atoms. The van der Waals surface area contributed by atoms with Gasteiger partial charge in [0, 0.05) is 11.9 Å². The number of benzene rings is 1. The number of phenols is 1. The first-order valence-corrected chi connectivity index (χ1v) is 4.13. The fraction of sp³-hybridized carbons (Fsp3) is 0.111. The molecule has 1 aromatic carbocycles. The SMILES string of the molecule is CC(=O)O.O=C(O)c1cc(Cl)ccc1O. The summed E-state index contributed by atoms with van der Waals surface area (Å²) in [4.78, 5) is 19.4. The van der Waals surface area contributed by atoms with Crippen molar-refractivity contribution in [3.63, 3.8) is 0 Å². The molecule has 5 nitrogen and oxygen atoms in total. The average Bonchev–Trinajstić information content (AvgIpc) is 2.08. The van der Waals surface area contributed by atoms with Crippen LogP contribution in [0.25, 0.3) is 0 Å². The molecule has 0 unspecified atom stereocenters. The first kappa shape index (κ1) is 13.2. The Kier molecular flexibility index (Phi) is 5.19. The topological polar surface area (TPSA) is 94.8 Å². The van der Waals surface area contributed by atoms with E-state index in [9.17, 15) is 4.79 Å². The van der Waals surface area contributed by atoms with Crippen LogP contribution in [0.15, 0.2) is 18.2 Å². The number of aromatic hydroxyl groups is 1. The minimum atomic E-state index is -1.19. The van der Waals surface area contributed by atoms with Gasteiger partial charge in [-0.25, -0.2) is 4.79 Å². The summed E-state index contributed by atoms with van der Waals surface area (Å²) < 4.78 is 0. The van der Waals surface area contributed by atoms with E-state index in [1.165, 1.54) is 18.2 Å². The highest BCUT2D eigenvalue weighted by atomic mass is 35.5. The molecule has 0 amide bonds. The zero-order valence-corrected chi connectivity index (χ0v) is 8.52. The van der Waals surface area contributed by atoms with Crippen molar-refractivity contribution in [2.75, 3.05) is 0 Å². The predicted molar refractivity (Wildman–Crippen MR) is 53.4 cm³/mol.